The van der Waals surface area contributed by atoms with Crippen LogP contribution >= 0.6 is 0 Å². The first-order chi connectivity index (χ1) is 13.0. The molecular weight excluding hydrogens is 356 g/mol. The lowest BCUT2D eigenvalue weighted by Crippen LogP contribution is -2.56. The molecule has 0 radical (unpaired) electrons. The molecule has 1 aromatic rings. The zero-order valence-corrected chi connectivity index (χ0v) is 15.1. The number of amides is 1. The zero-order chi connectivity index (χ0) is 18.6. The van der Waals surface area contributed by atoms with Gasteiger partial charge in [0.2, 0.25) is 5.88 Å². The number of aromatic nitrogens is 1. The first-order valence-corrected chi connectivity index (χ1v) is 9.68. The third-order valence-corrected chi connectivity index (χ3v) is 5.73. The molecule has 4 aliphatic rings. The molecule has 1 amide bonds. The Balaban J connectivity index is 1.36. The van der Waals surface area contributed by atoms with Gasteiger partial charge in [0.1, 0.15) is 11.4 Å². The summed E-state index contributed by atoms with van der Waals surface area (Å²) in [5.41, 5.74) is 0.846. The van der Waals surface area contributed by atoms with Crippen LogP contribution in [0.2, 0.25) is 0 Å². The summed E-state index contributed by atoms with van der Waals surface area (Å²) in [4.78, 5) is 20.7. The molecule has 0 spiro atoms. The highest BCUT2D eigenvalue weighted by Gasteiger charge is 2.45. The Morgan fingerprint density at radius 1 is 1.19 bits per heavy atom. The number of hydrogen-bond donors (Lipinski definition) is 0. The fraction of sp³-hybridized carbons (Fsp3) is 0.684. The van der Waals surface area contributed by atoms with E-state index in [1.807, 2.05) is 0 Å². The Bertz CT molecular complexity index is 736. The van der Waals surface area contributed by atoms with Crippen LogP contribution < -0.4 is 9.64 Å². The number of halogens is 2. The fourth-order valence-electron chi connectivity index (χ4n) is 4.01. The van der Waals surface area contributed by atoms with Crippen LogP contribution in [0.5, 0.6) is 5.88 Å². The average molecular weight is 379 g/mol. The maximum atomic E-state index is 13.3. The molecule has 0 N–H and O–H groups in total. The number of nitrogens with zero attached hydrogens (tertiary/aromatic N) is 3. The van der Waals surface area contributed by atoms with Gasteiger partial charge in [0.05, 0.1) is 31.9 Å². The van der Waals surface area contributed by atoms with Crippen molar-refractivity contribution in [2.75, 3.05) is 37.7 Å². The largest absolute Gasteiger partial charge is 0.476 e. The highest BCUT2D eigenvalue weighted by molar-refractivity contribution is 5.93. The number of pyridine rings is 1. The number of anilines is 1. The predicted octanol–water partition coefficient (Wildman–Crippen LogP) is 2.33. The Labute approximate surface area is 156 Å². The maximum absolute atomic E-state index is 13.3. The number of hydrogen-bond acceptors (Lipinski definition) is 5. The SMILES string of the molecule is O=C(c1ccc(N2CC(F)(F)C2)c(OCC2CC2)n1)N1CC2CC[C@H](C1)O2. The number of ether oxygens (including phenoxy) is 2. The molecule has 3 aliphatic heterocycles. The molecule has 27 heavy (non-hydrogen) atoms. The minimum atomic E-state index is -2.67. The monoisotopic (exact) mass is 379 g/mol. The van der Waals surface area contributed by atoms with Crippen molar-refractivity contribution in [3.63, 3.8) is 0 Å². The van der Waals surface area contributed by atoms with Gasteiger partial charge >= 0.3 is 0 Å². The molecule has 8 heteroatoms. The Morgan fingerprint density at radius 3 is 2.52 bits per heavy atom. The molecular formula is C19H23F2N3O3. The second-order valence-corrected chi connectivity index (χ2v) is 8.15. The smallest absolute Gasteiger partial charge is 0.282 e. The van der Waals surface area contributed by atoms with Gasteiger partial charge in [0.15, 0.2) is 0 Å². The molecule has 1 unspecified atom stereocenters. The molecule has 4 heterocycles. The number of alkyl halides is 2. The van der Waals surface area contributed by atoms with Gasteiger partial charge in [-0.3, -0.25) is 4.79 Å². The number of rotatable bonds is 5. The molecule has 1 aliphatic carbocycles. The molecule has 3 saturated heterocycles. The van der Waals surface area contributed by atoms with Gasteiger partial charge < -0.3 is 19.3 Å². The first-order valence-electron chi connectivity index (χ1n) is 9.68. The van der Waals surface area contributed by atoms with Crippen molar-refractivity contribution in [1.29, 1.82) is 0 Å². The lowest BCUT2D eigenvalue weighted by Gasteiger charge is -2.40. The van der Waals surface area contributed by atoms with E-state index in [1.165, 1.54) is 0 Å². The molecule has 2 bridgehead atoms. The Kier molecular flexibility index (Phi) is 4.00. The average Bonchev–Trinajstić information content (AvgIpc) is 3.40. The van der Waals surface area contributed by atoms with Crippen molar-refractivity contribution in [3.05, 3.63) is 17.8 Å². The predicted molar refractivity (Wildman–Crippen MR) is 93.4 cm³/mol. The van der Waals surface area contributed by atoms with Crippen LogP contribution in [0.3, 0.4) is 0 Å². The van der Waals surface area contributed by atoms with Crippen LogP contribution in [0.15, 0.2) is 12.1 Å². The van der Waals surface area contributed by atoms with Crippen LogP contribution in [0.1, 0.15) is 36.2 Å². The quantitative estimate of drug-likeness (QED) is 0.786. The van der Waals surface area contributed by atoms with E-state index in [1.54, 1.807) is 21.9 Å². The minimum Gasteiger partial charge on any atom is -0.476 e. The van der Waals surface area contributed by atoms with Gasteiger partial charge in [0.25, 0.3) is 11.8 Å². The van der Waals surface area contributed by atoms with Crippen LogP contribution in [-0.4, -0.2) is 66.7 Å². The van der Waals surface area contributed by atoms with E-state index in [2.05, 4.69) is 4.98 Å². The van der Waals surface area contributed by atoms with Crippen molar-refractivity contribution in [3.8, 4) is 5.88 Å². The molecule has 146 valence electrons. The normalized spacial score (nSPS) is 28.8. The van der Waals surface area contributed by atoms with Crippen molar-refractivity contribution >= 4 is 11.6 Å². The zero-order valence-electron chi connectivity index (χ0n) is 15.1. The van der Waals surface area contributed by atoms with E-state index in [9.17, 15) is 13.6 Å². The van der Waals surface area contributed by atoms with Gasteiger partial charge in [-0.1, -0.05) is 0 Å². The van der Waals surface area contributed by atoms with Gasteiger partial charge in [-0.15, -0.1) is 0 Å². The van der Waals surface area contributed by atoms with E-state index in [-0.39, 0.29) is 31.2 Å². The van der Waals surface area contributed by atoms with Gasteiger partial charge in [0, 0.05) is 13.1 Å². The summed E-state index contributed by atoms with van der Waals surface area (Å²) >= 11 is 0. The van der Waals surface area contributed by atoms with Crippen molar-refractivity contribution < 1.29 is 23.0 Å². The molecule has 1 saturated carbocycles. The molecule has 1 aromatic heterocycles. The summed E-state index contributed by atoms with van der Waals surface area (Å²) in [5, 5.41) is 0. The van der Waals surface area contributed by atoms with Crippen LogP contribution in [0.25, 0.3) is 0 Å². The standard InChI is InChI=1S/C19H23F2N3O3/c20-19(21)10-24(11-19)16-6-5-15(22-17(16)26-9-12-1-2-12)18(25)23-7-13-3-4-14(8-23)27-13/h5-6,12-14H,1-4,7-11H2/t13-,14?/m1/s1. The van der Waals surface area contributed by atoms with Gasteiger partial charge in [-0.25, -0.2) is 13.8 Å². The number of fused-ring (bicyclic) bond motifs is 2. The van der Waals surface area contributed by atoms with Crippen molar-refractivity contribution in [2.24, 2.45) is 5.92 Å². The van der Waals surface area contributed by atoms with Crippen LogP contribution in [0, 0.1) is 5.92 Å². The van der Waals surface area contributed by atoms with E-state index >= 15 is 0 Å². The minimum absolute atomic E-state index is 0.112. The van der Waals surface area contributed by atoms with Crippen LogP contribution in [-0.2, 0) is 4.74 Å². The summed E-state index contributed by atoms with van der Waals surface area (Å²) in [6.45, 7) is 0.998. The second-order valence-electron chi connectivity index (χ2n) is 8.15. The maximum Gasteiger partial charge on any atom is 0.282 e. The highest BCUT2D eigenvalue weighted by atomic mass is 19.3. The highest BCUT2D eigenvalue weighted by Crippen LogP contribution is 2.38. The second kappa shape index (κ2) is 6.29. The van der Waals surface area contributed by atoms with E-state index in [0.717, 1.165) is 25.7 Å². The van der Waals surface area contributed by atoms with E-state index in [4.69, 9.17) is 9.47 Å². The number of morpholine rings is 1. The van der Waals surface area contributed by atoms with Crippen molar-refractivity contribution in [1.82, 2.24) is 9.88 Å². The summed E-state index contributed by atoms with van der Waals surface area (Å²) in [6.07, 6.45) is 4.43. The lowest BCUT2D eigenvalue weighted by molar-refractivity contribution is -0.0305. The third kappa shape index (κ3) is 3.47. The molecule has 2 atom stereocenters. The number of carbonyl (C=O) groups is 1. The lowest BCUT2D eigenvalue weighted by atomic mass is 10.1. The Morgan fingerprint density at radius 2 is 1.89 bits per heavy atom. The first kappa shape index (κ1) is 17.2. The van der Waals surface area contributed by atoms with E-state index < -0.39 is 5.92 Å². The summed E-state index contributed by atoms with van der Waals surface area (Å²) in [6, 6.07) is 3.31. The molecule has 4 fully saturated rings. The molecule has 0 aromatic carbocycles. The summed E-state index contributed by atoms with van der Waals surface area (Å²) in [5.74, 6) is -2.02. The van der Waals surface area contributed by atoms with Gasteiger partial charge in [-0.05, 0) is 43.7 Å². The number of likely N-dealkylation sites (tertiary alicyclic amines) is 1. The van der Waals surface area contributed by atoms with E-state index in [0.29, 0.717) is 42.9 Å². The van der Waals surface area contributed by atoms with Crippen molar-refractivity contribution in [2.45, 2.75) is 43.8 Å². The summed E-state index contributed by atoms with van der Waals surface area (Å²) in [7, 11) is 0. The number of carbonyl (C=O) groups excluding carboxylic acids is 1. The van der Waals surface area contributed by atoms with Crippen LogP contribution in [0.4, 0.5) is 14.5 Å². The molecule has 6 nitrogen and oxygen atoms in total. The van der Waals surface area contributed by atoms with Gasteiger partial charge in [-0.2, -0.15) is 0 Å². The third-order valence-electron chi connectivity index (χ3n) is 5.73. The Hall–Kier alpha value is -1.96. The molecule has 5 rings (SSSR count). The topological polar surface area (TPSA) is 54.9 Å². The summed E-state index contributed by atoms with van der Waals surface area (Å²) < 4.78 is 38.2. The fourth-order valence-corrected chi connectivity index (χ4v) is 4.01.